The van der Waals surface area contributed by atoms with Gasteiger partial charge in [0, 0.05) is 62.6 Å². The lowest BCUT2D eigenvalue weighted by molar-refractivity contribution is 0.0625. The number of hydrogen-bond donors (Lipinski definition) is 1. The first-order chi connectivity index (χ1) is 16.9. The van der Waals surface area contributed by atoms with Crippen molar-refractivity contribution in [3.05, 3.63) is 59.4 Å². The minimum Gasteiger partial charge on any atom is -0.383 e. The Balaban J connectivity index is 1.36. The van der Waals surface area contributed by atoms with Crippen LogP contribution in [0.15, 0.2) is 36.8 Å². The van der Waals surface area contributed by atoms with E-state index >= 15 is 0 Å². The zero-order valence-corrected chi connectivity index (χ0v) is 20.6. The Morgan fingerprint density at radius 3 is 2.51 bits per heavy atom. The number of hydrogen-bond acceptors (Lipinski definition) is 5. The number of aromatic nitrogens is 3. The molecule has 2 N–H and O–H groups in total. The van der Waals surface area contributed by atoms with Gasteiger partial charge in [-0.2, -0.15) is 0 Å². The Bertz CT molecular complexity index is 1180. The van der Waals surface area contributed by atoms with Crippen LogP contribution >= 0.6 is 0 Å². The number of halogens is 2. The number of alkyl halides is 1. The van der Waals surface area contributed by atoms with E-state index in [0.717, 1.165) is 67.9 Å². The summed E-state index contributed by atoms with van der Waals surface area (Å²) in [5, 5.41) is 0. The van der Waals surface area contributed by atoms with Gasteiger partial charge >= 0.3 is 0 Å². The van der Waals surface area contributed by atoms with Gasteiger partial charge in [0.25, 0.3) is 0 Å². The van der Waals surface area contributed by atoms with Crippen molar-refractivity contribution in [2.75, 3.05) is 43.4 Å². The zero-order chi connectivity index (χ0) is 24.5. The van der Waals surface area contributed by atoms with Crippen LogP contribution in [0.25, 0.3) is 11.1 Å². The van der Waals surface area contributed by atoms with E-state index in [-0.39, 0.29) is 5.82 Å². The van der Waals surface area contributed by atoms with E-state index in [2.05, 4.69) is 43.5 Å². The lowest BCUT2D eigenvalue weighted by atomic mass is 9.92. The van der Waals surface area contributed by atoms with Gasteiger partial charge in [0.2, 0.25) is 0 Å². The summed E-state index contributed by atoms with van der Waals surface area (Å²) < 4.78 is 29.5. The lowest BCUT2D eigenvalue weighted by Crippen LogP contribution is -2.49. The molecule has 6 nitrogen and oxygen atoms in total. The number of benzene rings is 1. The molecule has 0 aliphatic carbocycles. The van der Waals surface area contributed by atoms with Gasteiger partial charge in [-0.15, -0.1) is 0 Å². The van der Waals surface area contributed by atoms with E-state index in [0.29, 0.717) is 30.4 Å². The van der Waals surface area contributed by atoms with Crippen LogP contribution in [-0.2, 0) is 13.0 Å². The maximum absolute atomic E-state index is 13.9. The number of rotatable bonds is 7. The molecular formula is C27H34F2N6. The fourth-order valence-corrected chi connectivity index (χ4v) is 5.40. The van der Waals surface area contributed by atoms with Crippen LogP contribution in [0.2, 0.25) is 0 Å². The van der Waals surface area contributed by atoms with Gasteiger partial charge in [0.05, 0.1) is 0 Å². The van der Waals surface area contributed by atoms with Crippen LogP contribution in [-0.4, -0.2) is 58.3 Å². The third-order valence-corrected chi connectivity index (χ3v) is 7.51. The van der Waals surface area contributed by atoms with E-state index in [9.17, 15) is 8.78 Å². The van der Waals surface area contributed by atoms with Gasteiger partial charge in [-0.3, -0.25) is 4.90 Å². The normalized spacial score (nSPS) is 17.7. The number of nitrogen functional groups attached to an aromatic ring is 1. The molecule has 0 unspecified atom stereocenters. The molecule has 0 amide bonds. The minimum atomic E-state index is -0.690. The summed E-state index contributed by atoms with van der Waals surface area (Å²) in [5.74, 6) is 1.75. The molecule has 2 aliphatic rings. The van der Waals surface area contributed by atoms with Crippen LogP contribution in [0.4, 0.5) is 20.4 Å². The maximum atomic E-state index is 13.9. The molecule has 4 heterocycles. The number of likely N-dealkylation sites (tertiary alicyclic amines) is 1. The van der Waals surface area contributed by atoms with Crippen molar-refractivity contribution >= 4 is 11.6 Å². The molecule has 2 saturated heterocycles. The van der Waals surface area contributed by atoms with Gasteiger partial charge in [-0.1, -0.05) is 13.0 Å². The first-order valence-corrected chi connectivity index (χ1v) is 12.6. The smallest absolute Gasteiger partial charge is 0.137 e. The van der Waals surface area contributed by atoms with E-state index in [4.69, 9.17) is 5.73 Å². The summed E-state index contributed by atoms with van der Waals surface area (Å²) in [4.78, 5) is 13.2. The number of aryl methyl sites for hydroxylation is 1. The Labute approximate surface area is 205 Å². The van der Waals surface area contributed by atoms with Crippen molar-refractivity contribution in [2.24, 2.45) is 0 Å². The highest BCUT2D eigenvalue weighted by Crippen LogP contribution is 2.35. The Kier molecular flexibility index (Phi) is 6.73. The quantitative estimate of drug-likeness (QED) is 0.537. The second kappa shape index (κ2) is 9.93. The standard InChI is InChI=1S/C27H34F2N6/c1-3-23-26(30)31-17-32-27(23)34-8-6-19(7-9-34)25-13-21(20-4-5-24(29)18(2)12-20)14-35(25)11-10-33-15-22(28)16-33/h4-5,12-14,17,19,22H,3,6-11,15-16H2,1-2H3,(H2,30,31,32). The topological polar surface area (TPSA) is 63.2 Å². The van der Waals surface area contributed by atoms with Gasteiger partial charge in [0.1, 0.15) is 30.0 Å². The molecule has 8 heteroatoms. The van der Waals surface area contributed by atoms with Crippen molar-refractivity contribution in [1.29, 1.82) is 0 Å². The van der Waals surface area contributed by atoms with Crippen LogP contribution in [0.5, 0.6) is 0 Å². The number of anilines is 2. The molecule has 0 radical (unpaired) electrons. The monoisotopic (exact) mass is 480 g/mol. The van der Waals surface area contributed by atoms with Crippen LogP contribution in [0.1, 0.15) is 42.5 Å². The van der Waals surface area contributed by atoms with Gasteiger partial charge in [0.15, 0.2) is 0 Å². The van der Waals surface area contributed by atoms with Gasteiger partial charge in [-0.05, 0) is 61.1 Å². The molecule has 3 aromatic rings. The maximum Gasteiger partial charge on any atom is 0.137 e. The average Bonchev–Trinajstić information content (AvgIpc) is 3.27. The molecule has 35 heavy (non-hydrogen) atoms. The summed E-state index contributed by atoms with van der Waals surface area (Å²) in [6.07, 6.45) is 5.87. The molecule has 0 saturated carbocycles. The third-order valence-electron chi connectivity index (χ3n) is 7.51. The van der Waals surface area contributed by atoms with E-state index in [1.807, 2.05) is 12.1 Å². The number of nitrogens with zero attached hydrogens (tertiary/aromatic N) is 5. The summed E-state index contributed by atoms with van der Waals surface area (Å²) in [6, 6.07) is 7.57. The largest absolute Gasteiger partial charge is 0.383 e. The van der Waals surface area contributed by atoms with E-state index in [1.54, 1.807) is 19.3 Å². The summed E-state index contributed by atoms with van der Waals surface area (Å²) in [7, 11) is 0. The van der Waals surface area contributed by atoms with Crippen molar-refractivity contribution in [2.45, 2.75) is 51.7 Å². The van der Waals surface area contributed by atoms with Crippen molar-refractivity contribution in [3.8, 4) is 11.1 Å². The molecule has 186 valence electrons. The second-order valence-corrected chi connectivity index (χ2v) is 9.84. The minimum absolute atomic E-state index is 0.184. The van der Waals surface area contributed by atoms with Crippen LogP contribution in [0, 0.1) is 12.7 Å². The molecule has 2 fully saturated rings. The molecule has 2 aromatic heterocycles. The van der Waals surface area contributed by atoms with Crippen molar-refractivity contribution in [3.63, 3.8) is 0 Å². The molecule has 2 aliphatic heterocycles. The fourth-order valence-electron chi connectivity index (χ4n) is 5.40. The van der Waals surface area contributed by atoms with Crippen molar-refractivity contribution < 1.29 is 8.78 Å². The molecule has 5 rings (SSSR count). The van der Waals surface area contributed by atoms with Crippen LogP contribution < -0.4 is 10.6 Å². The lowest BCUT2D eigenvalue weighted by Gasteiger charge is -2.36. The first kappa shape index (κ1) is 23.7. The average molecular weight is 481 g/mol. The highest BCUT2D eigenvalue weighted by atomic mass is 19.1. The Morgan fingerprint density at radius 2 is 1.83 bits per heavy atom. The molecule has 0 spiro atoms. The zero-order valence-electron chi connectivity index (χ0n) is 20.6. The van der Waals surface area contributed by atoms with E-state index < -0.39 is 6.17 Å². The van der Waals surface area contributed by atoms with Gasteiger partial charge in [-0.25, -0.2) is 18.7 Å². The molecular weight excluding hydrogens is 446 g/mol. The van der Waals surface area contributed by atoms with Gasteiger partial charge < -0.3 is 15.2 Å². The Morgan fingerprint density at radius 1 is 1.06 bits per heavy atom. The molecule has 0 bridgehead atoms. The summed E-state index contributed by atoms with van der Waals surface area (Å²) in [5.41, 5.74) is 11.2. The highest BCUT2D eigenvalue weighted by Gasteiger charge is 2.28. The van der Waals surface area contributed by atoms with Crippen molar-refractivity contribution in [1.82, 2.24) is 19.4 Å². The van der Waals surface area contributed by atoms with Crippen LogP contribution in [0.3, 0.4) is 0 Å². The Hall–Kier alpha value is -3.00. The third kappa shape index (κ3) is 4.89. The SMILES string of the molecule is CCc1c(N)ncnc1N1CCC(c2cc(-c3ccc(F)c(C)c3)cn2CCN2CC(F)C2)CC1. The summed E-state index contributed by atoms with van der Waals surface area (Å²) >= 11 is 0. The fraction of sp³-hybridized carbons (Fsp3) is 0.481. The molecule has 0 atom stereocenters. The number of piperidine rings is 1. The number of nitrogens with two attached hydrogens (primary N) is 1. The molecule has 1 aromatic carbocycles. The van der Waals surface area contributed by atoms with E-state index in [1.165, 1.54) is 5.69 Å². The predicted octanol–water partition coefficient (Wildman–Crippen LogP) is 4.57. The second-order valence-electron chi connectivity index (χ2n) is 9.84. The highest BCUT2D eigenvalue weighted by molar-refractivity contribution is 5.65. The predicted molar refractivity (Wildman–Crippen MR) is 136 cm³/mol. The first-order valence-electron chi connectivity index (χ1n) is 12.6. The summed E-state index contributed by atoms with van der Waals surface area (Å²) in [6.45, 7) is 8.41.